The highest BCUT2D eigenvalue weighted by molar-refractivity contribution is 9.10. The molecule has 0 spiro atoms. The maximum Gasteiger partial charge on any atom is 0.282 e. The molecular weight excluding hydrogens is 622 g/mol. The van der Waals surface area contributed by atoms with Crippen molar-refractivity contribution in [3.05, 3.63) is 90.5 Å². The van der Waals surface area contributed by atoms with Crippen LogP contribution in [0.5, 0.6) is 5.75 Å². The summed E-state index contributed by atoms with van der Waals surface area (Å²) in [5, 5.41) is 6.28. The van der Waals surface area contributed by atoms with Gasteiger partial charge >= 0.3 is 0 Å². The summed E-state index contributed by atoms with van der Waals surface area (Å²) in [6.07, 6.45) is 1.56. The lowest BCUT2D eigenvalue weighted by molar-refractivity contribution is 0.197. The van der Waals surface area contributed by atoms with Crippen LogP contribution in [-0.2, 0) is 0 Å². The van der Waals surface area contributed by atoms with Crippen LogP contribution < -0.4 is 10.3 Å². The topological polar surface area (TPSA) is 69.6 Å². The second-order valence-corrected chi connectivity index (χ2v) is 11.9. The quantitative estimate of drug-likeness (QED) is 0.181. The van der Waals surface area contributed by atoms with Crippen molar-refractivity contribution >= 4 is 71.5 Å². The minimum absolute atomic E-state index is 0.0176. The first-order chi connectivity index (χ1) is 17.6. The van der Waals surface area contributed by atoms with Crippen molar-refractivity contribution in [2.24, 2.45) is 10.5 Å². The van der Waals surface area contributed by atoms with E-state index in [4.69, 9.17) is 25.7 Å². The molecule has 0 aliphatic rings. The van der Waals surface area contributed by atoms with Crippen LogP contribution in [0.2, 0.25) is 5.02 Å². The van der Waals surface area contributed by atoms with E-state index in [0.717, 1.165) is 9.86 Å². The van der Waals surface area contributed by atoms with Gasteiger partial charge in [0, 0.05) is 9.86 Å². The van der Waals surface area contributed by atoms with E-state index in [0.29, 0.717) is 55.5 Å². The summed E-state index contributed by atoms with van der Waals surface area (Å²) in [6.45, 7) is 6.77. The summed E-state index contributed by atoms with van der Waals surface area (Å²) in [5.41, 5.74) is 1.59. The van der Waals surface area contributed by atoms with Crippen LogP contribution in [0.4, 0.5) is 0 Å². The zero-order valence-corrected chi connectivity index (χ0v) is 24.2. The monoisotopic (exact) mass is 641 g/mol. The molecule has 0 aliphatic carbocycles. The first kappa shape index (κ1) is 25.7. The minimum Gasteiger partial charge on any atom is -0.490 e. The zero-order chi connectivity index (χ0) is 26.3. The Morgan fingerprint density at radius 3 is 2.65 bits per heavy atom. The normalized spacial score (nSPS) is 12.2. The van der Waals surface area contributed by atoms with Gasteiger partial charge in [0.2, 0.25) is 5.82 Å². The molecule has 9 heteroatoms. The summed E-state index contributed by atoms with van der Waals surface area (Å²) >= 11 is 13.6. The maximum atomic E-state index is 13.5. The van der Waals surface area contributed by atoms with E-state index in [1.165, 1.54) is 4.68 Å². The predicted octanol–water partition coefficient (Wildman–Crippen LogP) is 8.30. The summed E-state index contributed by atoms with van der Waals surface area (Å²) < 4.78 is 14.8. The van der Waals surface area contributed by atoms with Crippen molar-refractivity contribution in [3.8, 4) is 17.3 Å². The number of aromatic nitrogens is 2. The standard InChI is InChI=1S/C28H22Br2ClN3O3/c1-28(2,3)15-36-25-20(30)10-16(11-21(25)31)14-32-34-26(33-22-7-5-4-6-19(22)27(34)35)24-13-17-12-18(29)8-9-23(17)37-24/h4-14H,15H2,1-3H3. The molecule has 0 unspecified atom stereocenters. The largest absolute Gasteiger partial charge is 0.490 e. The number of nitrogens with zero attached hydrogens (tertiary/aromatic N) is 3. The van der Waals surface area contributed by atoms with Gasteiger partial charge in [0.25, 0.3) is 5.56 Å². The van der Waals surface area contributed by atoms with Crippen LogP contribution in [0.25, 0.3) is 33.5 Å². The average molecular weight is 644 g/mol. The van der Waals surface area contributed by atoms with E-state index < -0.39 is 0 Å². The van der Waals surface area contributed by atoms with Crippen LogP contribution in [0, 0.1) is 5.41 Å². The number of benzene rings is 3. The first-order valence-electron chi connectivity index (χ1n) is 11.5. The highest BCUT2D eigenvalue weighted by Crippen LogP contribution is 2.35. The van der Waals surface area contributed by atoms with Crippen LogP contribution >= 0.6 is 43.5 Å². The molecule has 0 saturated carbocycles. The number of hydrogen-bond acceptors (Lipinski definition) is 5. The van der Waals surface area contributed by atoms with Crippen LogP contribution in [-0.4, -0.2) is 22.5 Å². The van der Waals surface area contributed by atoms with Gasteiger partial charge in [0.1, 0.15) is 5.58 Å². The maximum absolute atomic E-state index is 13.5. The van der Waals surface area contributed by atoms with Crippen molar-refractivity contribution in [2.75, 3.05) is 6.61 Å². The number of hydrogen-bond donors (Lipinski definition) is 0. The van der Waals surface area contributed by atoms with E-state index in [1.807, 2.05) is 36.4 Å². The Morgan fingerprint density at radius 1 is 1.11 bits per heavy atom. The van der Waals surface area contributed by atoms with Gasteiger partial charge in [0.15, 0.2) is 11.5 Å². The third-order valence-electron chi connectivity index (χ3n) is 5.44. The van der Waals surface area contributed by atoms with E-state index in [1.54, 1.807) is 30.5 Å². The Labute approximate surface area is 235 Å². The number of fused-ring (bicyclic) bond motifs is 2. The Morgan fingerprint density at radius 2 is 1.89 bits per heavy atom. The molecule has 0 bridgehead atoms. The van der Waals surface area contributed by atoms with Crippen molar-refractivity contribution in [1.29, 1.82) is 0 Å². The average Bonchev–Trinajstić information content (AvgIpc) is 3.25. The lowest BCUT2D eigenvalue weighted by Gasteiger charge is -2.20. The van der Waals surface area contributed by atoms with Crippen LogP contribution in [0.3, 0.4) is 0 Å². The van der Waals surface area contributed by atoms with Gasteiger partial charge in [-0.3, -0.25) is 4.79 Å². The molecule has 3 aromatic carbocycles. The van der Waals surface area contributed by atoms with Crippen molar-refractivity contribution in [1.82, 2.24) is 9.66 Å². The van der Waals surface area contributed by atoms with Gasteiger partial charge in [0.05, 0.1) is 33.2 Å². The SMILES string of the molecule is CC(C)(C)COc1c(Cl)cc(C=Nn2c(-c3cc4cc(Br)ccc4o3)nc3ccccc3c2=O)cc1Br. The Balaban J connectivity index is 1.60. The molecule has 5 rings (SSSR count). The van der Waals surface area contributed by atoms with E-state index in [2.05, 4.69) is 57.7 Å². The Kier molecular flexibility index (Phi) is 7.00. The van der Waals surface area contributed by atoms with Gasteiger partial charge < -0.3 is 9.15 Å². The molecule has 0 radical (unpaired) electrons. The lowest BCUT2D eigenvalue weighted by Crippen LogP contribution is -2.20. The van der Waals surface area contributed by atoms with Gasteiger partial charge in [-0.2, -0.15) is 9.78 Å². The molecular formula is C28H22Br2ClN3O3. The minimum atomic E-state index is -0.311. The second-order valence-electron chi connectivity index (χ2n) is 9.77. The second kappa shape index (κ2) is 10.1. The van der Waals surface area contributed by atoms with E-state index in [-0.39, 0.29) is 11.0 Å². The Bertz CT molecular complexity index is 1710. The summed E-state index contributed by atoms with van der Waals surface area (Å²) in [7, 11) is 0. The molecule has 2 heterocycles. The Hall–Kier alpha value is -2.94. The van der Waals surface area contributed by atoms with Crippen LogP contribution in [0.15, 0.2) is 83.9 Å². The molecule has 0 atom stereocenters. The molecule has 0 fully saturated rings. The van der Waals surface area contributed by atoms with Gasteiger partial charge in [-0.05, 0) is 75.4 Å². The van der Waals surface area contributed by atoms with Crippen molar-refractivity contribution in [2.45, 2.75) is 20.8 Å². The molecule has 0 amide bonds. The van der Waals surface area contributed by atoms with Crippen molar-refractivity contribution in [3.63, 3.8) is 0 Å². The summed E-state index contributed by atoms with van der Waals surface area (Å²) in [4.78, 5) is 18.2. The van der Waals surface area contributed by atoms with Gasteiger partial charge in [-0.15, -0.1) is 0 Å². The fraction of sp³-hybridized carbons (Fsp3) is 0.179. The molecule has 5 aromatic rings. The van der Waals surface area contributed by atoms with Crippen LogP contribution in [0.1, 0.15) is 26.3 Å². The molecule has 37 heavy (non-hydrogen) atoms. The molecule has 6 nitrogen and oxygen atoms in total. The number of halogens is 3. The third-order valence-corrected chi connectivity index (χ3v) is 6.81. The summed E-state index contributed by atoms with van der Waals surface area (Å²) in [5.74, 6) is 1.29. The number of rotatable bonds is 5. The lowest BCUT2D eigenvalue weighted by atomic mass is 9.99. The number of para-hydroxylation sites is 1. The molecule has 0 N–H and O–H groups in total. The third kappa shape index (κ3) is 5.51. The fourth-order valence-corrected chi connectivity index (χ4v) is 5.09. The van der Waals surface area contributed by atoms with E-state index >= 15 is 0 Å². The number of ether oxygens (including phenoxy) is 1. The summed E-state index contributed by atoms with van der Waals surface area (Å²) in [6, 6.07) is 18.3. The smallest absolute Gasteiger partial charge is 0.282 e. The fourth-order valence-electron chi connectivity index (χ4n) is 3.72. The van der Waals surface area contributed by atoms with Crippen molar-refractivity contribution < 1.29 is 9.15 Å². The molecule has 0 saturated heterocycles. The molecule has 188 valence electrons. The highest BCUT2D eigenvalue weighted by atomic mass is 79.9. The van der Waals surface area contributed by atoms with E-state index in [9.17, 15) is 4.79 Å². The highest BCUT2D eigenvalue weighted by Gasteiger charge is 2.18. The predicted molar refractivity (Wildman–Crippen MR) is 156 cm³/mol. The molecule has 0 aliphatic heterocycles. The zero-order valence-electron chi connectivity index (χ0n) is 20.3. The first-order valence-corrected chi connectivity index (χ1v) is 13.4. The van der Waals surface area contributed by atoms with Gasteiger partial charge in [-0.1, -0.05) is 60.4 Å². The molecule has 2 aromatic heterocycles. The van der Waals surface area contributed by atoms with Gasteiger partial charge in [-0.25, -0.2) is 4.98 Å². The number of furan rings is 1.